The van der Waals surface area contributed by atoms with Gasteiger partial charge >= 0.3 is 5.97 Å². The molecule has 0 unspecified atom stereocenters. The van der Waals surface area contributed by atoms with Crippen molar-refractivity contribution in [3.8, 4) is 0 Å². The third kappa shape index (κ3) is 4.81. The van der Waals surface area contributed by atoms with Crippen LogP contribution in [0.3, 0.4) is 0 Å². The molecule has 110 valence electrons. The van der Waals surface area contributed by atoms with E-state index in [0.717, 1.165) is 6.42 Å². The predicted molar refractivity (Wildman–Crippen MR) is 74.2 cm³/mol. The van der Waals surface area contributed by atoms with Gasteiger partial charge in [-0.25, -0.2) is 9.18 Å². The van der Waals surface area contributed by atoms with Gasteiger partial charge in [-0.1, -0.05) is 37.4 Å². The van der Waals surface area contributed by atoms with E-state index in [-0.39, 0.29) is 17.0 Å². The lowest BCUT2D eigenvalue weighted by Gasteiger charge is -2.14. The summed E-state index contributed by atoms with van der Waals surface area (Å²) in [7, 11) is 0. The topological polar surface area (TPSA) is 66.4 Å². The van der Waals surface area contributed by atoms with Gasteiger partial charge in [-0.3, -0.25) is 4.79 Å². The first-order valence-corrected chi connectivity index (χ1v) is 6.78. The van der Waals surface area contributed by atoms with Gasteiger partial charge in [0.1, 0.15) is 11.9 Å². The Morgan fingerprint density at radius 3 is 2.70 bits per heavy atom. The molecule has 1 rings (SSSR count). The minimum Gasteiger partial charge on any atom is -0.480 e. The molecule has 0 saturated carbocycles. The Balaban J connectivity index is 2.68. The zero-order valence-corrected chi connectivity index (χ0v) is 11.9. The number of carboxylic acid groups (broad SMARTS) is 1. The monoisotopic (exact) mass is 301 g/mol. The van der Waals surface area contributed by atoms with E-state index < -0.39 is 23.7 Å². The van der Waals surface area contributed by atoms with Crippen molar-refractivity contribution < 1.29 is 19.1 Å². The molecule has 1 aromatic carbocycles. The van der Waals surface area contributed by atoms with Gasteiger partial charge in [0.15, 0.2) is 0 Å². The molecule has 4 nitrogen and oxygen atoms in total. The summed E-state index contributed by atoms with van der Waals surface area (Å²) in [6.07, 6.45) is 1.60. The number of benzene rings is 1. The fraction of sp³-hybridized carbons (Fsp3) is 0.429. The highest BCUT2D eigenvalue weighted by atomic mass is 35.5. The molecular weight excluding hydrogens is 285 g/mol. The highest BCUT2D eigenvalue weighted by Gasteiger charge is 2.20. The lowest BCUT2D eigenvalue weighted by atomic mass is 10.1. The standard InChI is InChI=1S/C14H17ClFNO3/c1-2-3-7-12(14(19)20)17-13(18)8-9-10(15)5-4-6-11(9)16/h4-6,12H,2-3,7-8H2,1H3,(H,17,18)(H,19,20)/t12-/m0/s1. The van der Waals surface area contributed by atoms with Gasteiger partial charge in [-0.05, 0) is 18.6 Å². The van der Waals surface area contributed by atoms with E-state index in [1.54, 1.807) is 0 Å². The molecule has 20 heavy (non-hydrogen) atoms. The zero-order valence-electron chi connectivity index (χ0n) is 11.2. The summed E-state index contributed by atoms with van der Waals surface area (Å²) >= 11 is 5.82. The summed E-state index contributed by atoms with van der Waals surface area (Å²) < 4.78 is 13.5. The maximum absolute atomic E-state index is 13.5. The molecule has 0 aliphatic carbocycles. The van der Waals surface area contributed by atoms with Crippen LogP contribution in [0.2, 0.25) is 5.02 Å². The number of hydrogen-bond acceptors (Lipinski definition) is 2. The van der Waals surface area contributed by atoms with Gasteiger partial charge in [-0.2, -0.15) is 0 Å². The number of carbonyl (C=O) groups is 2. The highest BCUT2D eigenvalue weighted by Crippen LogP contribution is 2.19. The average molecular weight is 302 g/mol. The number of hydrogen-bond donors (Lipinski definition) is 2. The normalized spacial score (nSPS) is 11.9. The van der Waals surface area contributed by atoms with Crippen molar-refractivity contribution in [3.05, 3.63) is 34.6 Å². The Bertz CT molecular complexity index is 473. The Morgan fingerprint density at radius 1 is 1.45 bits per heavy atom. The largest absolute Gasteiger partial charge is 0.480 e. The number of aliphatic carboxylic acids is 1. The lowest BCUT2D eigenvalue weighted by Crippen LogP contribution is -2.41. The lowest BCUT2D eigenvalue weighted by molar-refractivity contribution is -0.142. The summed E-state index contributed by atoms with van der Waals surface area (Å²) in [5, 5.41) is 11.6. The minimum absolute atomic E-state index is 0.0753. The summed E-state index contributed by atoms with van der Waals surface area (Å²) in [6, 6.07) is 3.19. The maximum Gasteiger partial charge on any atom is 0.326 e. The van der Waals surface area contributed by atoms with Crippen LogP contribution in [0.5, 0.6) is 0 Å². The molecule has 1 atom stereocenters. The highest BCUT2D eigenvalue weighted by molar-refractivity contribution is 6.31. The second-order valence-corrected chi connectivity index (χ2v) is 4.88. The molecule has 6 heteroatoms. The van der Waals surface area contributed by atoms with Gasteiger partial charge in [0.2, 0.25) is 5.91 Å². The van der Waals surface area contributed by atoms with Gasteiger partial charge in [0.05, 0.1) is 6.42 Å². The SMILES string of the molecule is CCCC[C@H](NC(=O)Cc1c(F)cccc1Cl)C(=O)O. The molecule has 1 aromatic rings. The molecular formula is C14H17ClFNO3. The summed E-state index contributed by atoms with van der Waals surface area (Å²) in [6.45, 7) is 1.93. The van der Waals surface area contributed by atoms with Crippen molar-refractivity contribution >= 4 is 23.5 Å². The van der Waals surface area contributed by atoms with E-state index >= 15 is 0 Å². The van der Waals surface area contributed by atoms with E-state index in [0.29, 0.717) is 12.8 Å². The van der Waals surface area contributed by atoms with E-state index in [9.17, 15) is 14.0 Å². The zero-order chi connectivity index (χ0) is 15.1. The van der Waals surface area contributed by atoms with Crippen LogP contribution >= 0.6 is 11.6 Å². The Kier molecular flexibility index (Phi) is 6.45. The molecule has 1 amide bonds. The molecule has 0 radical (unpaired) electrons. The van der Waals surface area contributed by atoms with Crippen molar-refractivity contribution in [2.45, 2.75) is 38.6 Å². The van der Waals surface area contributed by atoms with Crippen molar-refractivity contribution in [1.29, 1.82) is 0 Å². The van der Waals surface area contributed by atoms with Crippen molar-refractivity contribution in [2.24, 2.45) is 0 Å². The van der Waals surface area contributed by atoms with E-state index in [2.05, 4.69) is 5.32 Å². The number of amides is 1. The number of carboxylic acids is 1. The molecule has 0 aliphatic heterocycles. The Labute approximate surface area is 121 Å². The summed E-state index contributed by atoms with van der Waals surface area (Å²) in [5.41, 5.74) is 0.0753. The van der Waals surface area contributed by atoms with Crippen LogP contribution in [0, 0.1) is 5.82 Å². The molecule has 0 aliphatic rings. The van der Waals surface area contributed by atoms with Gasteiger partial charge in [0, 0.05) is 10.6 Å². The second kappa shape index (κ2) is 7.85. The van der Waals surface area contributed by atoms with Crippen LogP contribution in [-0.2, 0) is 16.0 Å². The predicted octanol–water partition coefficient (Wildman–Crippen LogP) is 2.78. The molecule has 0 fully saturated rings. The van der Waals surface area contributed by atoms with Gasteiger partial charge in [-0.15, -0.1) is 0 Å². The number of carbonyl (C=O) groups excluding carboxylic acids is 1. The van der Waals surface area contributed by atoms with E-state index in [4.69, 9.17) is 16.7 Å². The van der Waals surface area contributed by atoms with Crippen LogP contribution in [0.4, 0.5) is 4.39 Å². The maximum atomic E-state index is 13.5. The van der Waals surface area contributed by atoms with Crippen molar-refractivity contribution in [3.63, 3.8) is 0 Å². The first-order chi connectivity index (χ1) is 9.45. The molecule has 2 N–H and O–H groups in total. The summed E-state index contributed by atoms with van der Waals surface area (Å²) in [5.74, 6) is -2.22. The van der Waals surface area contributed by atoms with Crippen molar-refractivity contribution in [2.75, 3.05) is 0 Å². The fourth-order valence-electron chi connectivity index (χ4n) is 1.77. The molecule has 0 aromatic heterocycles. The smallest absolute Gasteiger partial charge is 0.326 e. The third-order valence-corrected chi connectivity index (χ3v) is 3.23. The third-order valence-electron chi connectivity index (χ3n) is 2.88. The number of nitrogens with one attached hydrogen (secondary N) is 1. The summed E-state index contributed by atoms with van der Waals surface area (Å²) in [4.78, 5) is 22.8. The van der Waals surface area contributed by atoms with E-state index in [1.807, 2.05) is 6.92 Å². The van der Waals surface area contributed by atoms with Crippen molar-refractivity contribution in [1.82, 2.24) is 5.32 Å². The van der Waals surface area contributed by atoms with Crippen LogP contribution in [0.1, 0.15) is 31.7 Å². The average Bonchev–Trinajstić information content (AvgIpc) is 2.38. The Hall–Kier alpha value is -1.62. The van der Waals surface area contributed by atoms with Crippen LogP contribution < -0.4 is 5.32 Å². The molecule has 0 heterocycles. The van der Waals surface area contributed by atoms with Crippen LogP contribution in [0.15, 0.2) is 18.2 Å². The van der Waals surface area contributed by atoms with Crippen LogP contribution in [-0.4, -0.2) is 23.0 Å². The molecule has 0 spiro atoms. The first-order valence-electron chi connectivity index (χ1n) is 6.40. The fourth-order valence-corrected chi connectivity index (χ4v) is 2.00. The Morgan fingerprint density at radius 2 is 2.15 bits per heavy atom. The number of rotatable bonds is 7. The van der Waals surface area contributed by atoms with Gasteiger partial charge in [0.25, 0.3) is 0 Å². The number of unbranched alkanes of at least 4 members (excludes halogenated alkanes) is 1. The van der Waals surface area contributed by atoms with Gasteiger partial charge < -0.3 is 10.4 Å². The minimum atomic E-state index is -1.09. The van der Waals surface area contributed by atoms with Crippen LogP contribution in [0.25, 0.3) is 0 Å². The molecule has 0 saturated heterocycles. The second-order valence-electron chi connectivity index (χ2n) is 4.48. The number of halogens is 2. The van der Waals surface area contributed by atoms with E-state index in [1.165, 1.54) is 18.2 Å². The first kappa shape index (κ1) is 16.4. The molecule has 0 bridgehead atoms. The quantitative estimate of drug-likeness (QED) is 0.814.